The maximum Gasteiger partial charge on any atom is 0.413 e. The van der Waals surface area contributed by atoms with Crippen LogP contribution in [0.3, 0.4) is 0 Å². The van der Waals surface area contributed by atoms with Crippen LogP contribution in [0.1, 0.15) is 6.92 Å². The number of alkyl carbamates (subject to hydrolysis) is 1. The van der Waals surface area contributed by atoms with Crippen LogP contribution in [0, 0.1) is 0 Å². The second-order valence-corrected chi connectivity index (χ2v) is 2.57. The van der Waals surface area contributed by atoms with E-state index in [1.54, 1.807) is 6.92 Å². The van der Waals surface area contributed by atoms with Crippen molar-refractivity contribution in [3.8, 4) is 0 Å². The van der Waals surface area contributed by atoms with Crippen molar-refractivity contribution in [2.45, 2.75) is 6.92 Å². The fourth-order valence-electron chi connectivity index (χ4n) is 0.714. The molecule has 0 atom stereocenters. The van der Waals surface area contributed by atoms with Crippen molar-refractivity contribution in [3.63, 3.8) is 0 Å². The molecule has 1 rings (SSSR count). The first-order valence-electron chi connectivity index (χ1n) is 3.78. The van der Waals surface area contributed by atoms with Gasteiger partial charge < -0.3 is 10.5 Å². The van der Waals surface area contributed by atoms with Crippen LogP contribution in [0.5, 0.6) is 0 Å². The molecule has 1 amide bonds. The number of thiocarbonyl (C=S) groups is 1. The van der Waals surface area contributed by atoms with E-state index in [0.29, 0.717) is 0 Å². The number of nitrogens with zero attached hydrogens (tertiary/aromatic N) is 3. The van der Waals surface area contributed by atoms with Gasteiger partial charge in [0.05, 0.1) is 6.61 Å². The molecule has 1 aromatic heterocycles. The topological polar surface area (TPSA) is 95.1 Å². The Balaban J connectivity index is 2.59. The van der Waals surface area contributed by atoms with Crippen LogP contribution in [-0.4, -0.2) is 32.6 Å². The third-order valence-electron chi connectivity index (χ3n) is 1.25. The van der Waals surface area contributed by atoms with Crippen molar-refractivity contribution in [3.05, 3.63) is 6.33 Å². The molecule has 1 heterocycles. The molecule has 7 nitrogen and oxygen atoms in total. The first-order chi connectivity index (χ1) is 6.65. The number of aromatic nitrogens is 3. The van der Waals surface area contributed by atoms with Crippen LogP contribution in [-0.2, 0) is 4.74 Å². The molecule has 0 bridgehead atoms. The molecule has 0 aliphatic heterocycles. The summed E-state index contributed by atoms with van der Waals surface area (Å²) in [6.45, 7) is 1.95. The minimum absolute atomic E-state index is 0.0263. The summed E-state index contributed by atoms with van der Waals surface area (Å²) in [5, 5.41) is 6.00. The summed E-state index contributed by atoms with van der Waals surface area (Å²) in [7, 11) is 0. The number of nitrogens with two attached hydrogens (primary N) is 1. The number of rotatable bonds is 1. The van der Waals surface area contributed by atoms with Gasteiger partial charge in [0, 0.05) is 0 Å². The van der Waals surface area contributed by atoms with E-state index in [-0.39, 0.29) is 17.7 Å². The Bertz CT molecular complexity index is 350. The van der Waals surface area contributed by atoms with Crippen molar-refractivity contribution in [2.24, 2.45) is 0 Å². The zero-order valence-electron chi connectivity index (χ0n) is 7.43. The van der Waals surface area contributed by atoms with Crippen LogP contribution >= 0.6 is 12.2 Å². The fraction of sp³-hybridized carbons (Fsp3) is 0.333. The summed E-state index contributed by atoms with van der Waals surface area (Å²) >= 11 is 4.82. The average molecular weight is 215 g/mol. The number of nitrogen functional groups attached to an aromatic ring is 1. The van der Waals surface area contributed by atoms with Gasteiger partial charge in [-0.05, 0) is 19.1 Å². The molecule has 0 fully saturated rings. The van der Waals surface area contributed by atoms with Gasteiger partial charge in [-0.3, -0.25) is 5.32 Å². The van der Waals surface area contributed by atoms with Gasteiger partial charge in [0.25, 0.3) is 0 Å². The summed E-state index contributed by atoms with van der Waals surface area (Å²) in [4.78, 5) is 14.6. The highest BCUT2D eigenvalue weighted by Crippen LogP contribution is 1.93. The number of anilines is 1. The van der Waals surface area contributed by atoms with E-state index >= 15 is 0 Å². The normalized spacial score (nSPS) is 9.50. The maximum atomic E-state index is 10.9. The maximum absolute atomic E-state index is 10.9. The predicted octanol–water partition coefficient (Wildman–Crippen LogP) is -0.261. The summed E-state index contributed by atoms with van der Waals surface area (Å²) < 4.78 is 5.73. The van der Waals surface area contributed by atoms with Crippen LogP contribution in [0.2, 0.25) is 0 Å². The average Bonchev–Trinajstić information content (AvgIpc) is 2.51. The van der Waals surface area contributed by atoms with Gasteiger partial charge in [-0.25, -0.2) is 4.79 Å². The lowest BCUT2D eigenvalue weighted by Crippen LogP contribution is -2.35. The molecule has 8 heteroatoms. The van der Waals surface area contributed by atoms with Gasteiger partial charge in [-0.2, -0.15) is 14.8 Å². The second-order valence-electron chi connectivity index (χ2n) is 2.18. The molecule has 0 aromatic carbocycles. The SMILES string of the molecule is CCOC(=O)NC(=S)n1ncnc1N. The molecule has 0 saturated heterocycles. The number of hydrogen-bond acceptors (Lipinski definition) is 6. The lowest BCUT2D eigenvalue weighted by molar-refractivity contribution is 0.157. The highest BCUT2D eigenvalue weighted by molar-refractivity contribution is 7.80. The molecule has 0 aliphatic rings. The van der Waals surface area contributed by atoms with Gasteiger partial charge in [-0.15, -0.1) is 0 Å². The molecule has 0 radical (unpaired) electrons. The van der Waals surface area contributed by atoms with E-state index in [4.69, 9.17) is 18.0 Å². The Morgan fingerprint density at radius 2 is 2.57 bits per heavy atom. The van der Waals surface area contributed by atoms with Crippen molar-refractivity contribution >= 4 is 29.4 Å². The van der Waals surface area contributed by atoms with E-state index in [2.05, 4.69) is 20.1 Å². The summed E-state index contributed by atoms with van der Waals surface area (Å²) in [6, 6.07) is 0. The minimum Gasteiger partial charge on any atom is -0.450 e. The Morgan fingerprint density at radius 3 is 3.07 bits per heavy atom. The van der Waals surface area contributed by atoms with Gasteiger partial charge in [-0.1, -0.05) is 0 Å². The number of carbonyl (C=O) groups excluding carboxylic acids is 1. The standard InChI is InChI=1S/C6H9N5O2S/c1-2-13-6(12)10-5(14)11-4(7)8-3-9-11/h3H,2H2,1H3,(H2,7,8,9)(H,10,12,14). The monoisotopic (exact) mass is 215 g/mol. The molecule has 1 aromatic rings. The van der Waals surface area contributed by atoms with Gasteiger partial charge in [0.2, 0.25) is 11.1 Å². The highest BCUT2D eigenvalue weighted by atomic mass is 32.1. The highest BCUT2D eigenvalue weighted by Gasteiger charge is 2.09. The van der Waals surface area contributed by atoms with E-state index < -0.39 is 6.09 Å². The molecular weight excluding hydrogens is 206 g/mol. The third kappa shape index (κ3) is 2.39. The molecule has 0 saturated carbocycles. The molecule has 76 valence electrons. The smallest absolute Gasteiger partial charge is 0.413 e. The van der Waals surface area contributed by atoms with E-state index in [0.717, 1.165) is 4.68 Å². The third-order valence-corrected chi connectivity index (χ3v) is 1.53. The fourth-order valence-corrected chi connectivity index (χ4v) is 0.938. The van der Waals surface area contributed by atoms with Gasteiger partial charge in [0.15, 0.2) is 0 Å². The number of hydrogen-bond donors (Lipinski definition) is 2. The summed E-state index contributed by atoms with van der Waals surface area (Å²) in [5.41, 5.74) is 5.40. The van der Waals surface area contributed by atoms with Crippen LogP contribution in [0.15, 0.2) is 6.33 Å². The van der Waals surface area contributed by atoms with E-state index in [9.17, 15) is 4.79 Å². The number of ether oxygens (including phenoxy) is 1. The van der Waals surface area contributed by atoms with Crippen LogP contribution < -0.4 is 11.1 Å². The molecule has 14 heavy (non-hydrogen) atoms. The quantitative estimate of drug-likeness (QED) is 0.627. The summed E-state index contributed by atoms with van der Waals surface area (Å²) in [5.74, 6) is 0.104. The minimum atomic E-state index is -0.646. The molecular formula is C6H9N5O2S. The Labute approximate surface area is 85.2 Å². The molecule has 0 unspecified atom stereocenters. The van der Waals surface area contributed by atoms with E-state index in [1.165, 1.54) is 6.33 Å². The van der Waals surface area contributed by atoms with Gasteiger partial charge >= 0.3 is 6.09 Å². The first kappa shape index (κ1) is 10.4. The van der Waals surface area contributed by atoms with Crippen molar-refractivity contribution < 1.29 is 9.53 Å². The Morgan fingerprint density at radius 1 is 1.86 bits per heavy atom. The Kier molecular flexibility index (Phi) is 3.35. The number of carbonyl (C=O) groups is 1. The number of nitrogens with one attached hydrogen (secondary N) is 1. The predicted molar refractivity (Wildman–Crippen MR) is 52.6 cm³/mol. The van der Waals surface area contributed by atoms with Crippen molar-refractivity contribution in [1.82, 2.24) is 20.1 Å². The van der Waals surface area contributed by atoms with Crippen molar-refractivity contribution in [2.75, 3.05) is 12.3 Å². The lowest BCUT2D eigenvalue weighted by atomic mass is 10.8. The first-order valence-corrected chi connectivity index (χ1v) is 4.19. The number of amides is 1. The van der Waals surface area contributed by atoms with Crippen LogP contribution in [0.25, 0.3) is 0 Å². The van der Waals surface area contributed by atoms with Crippen LogP contribution in [0.4, 0.5) is 10.7 Å². The molecule has 3 N–H and O–H groups in total. The van der Waals surface area contributed by atoms with Gasteiger partial charge in [0.1, 0.15) is 6.33 Å². The van der Waals surface area contributed by atoms with Crippen molar-refractivity contribution in [1.29, 1.82) is 0 Å². The lowest BCUT2D eigenvalue weighted by Gasteiger charge is -2.06. The molecule has 0 spiro atoms. The zero-order valence-corrected chi connectivity index (χ0v) is 8.24. The summed E-state index contributed by atoms with van der Waals surface area (Å²) in [6.07, 6.45) is 0.585. The van der Waals surface area contributed by atoms with E-state index in [1.807, 2.05) is 0 Å². The second kappa shape index (κ2) is 4.51. The zero-order chi connectivity index (χ0) is 10.6. The Hall–Kier alpha value is -1.70. The molecule has 0 aliphatic carbocycles. The largest absolute Gasteiger partial charge is 0.450 e.